The van der Waals surface area contributed by atoms with Crippen molar-refractivity contribution in [2.75, 3.05) is 51.2 Å². The van der Waals surface area contributed by atoms with Crippen molar-refractivity contribution in [3.05, 3.63) is 133 Å². The summed E-state index contributed by atoms with van der Waals surface area (Å²) in [6.45, 7) is 6.97. The number of anilines is 2. The first kappa shape index (κ1) is 52.2. The number of nitrogens with one attached hydrogen (secondary N) is 2. The predicted molar refractivity (Wildman–Crippen MR) is 284 cm³/mol. The molecule has 0 saturated heterocycles. The van der Waals surface area contributed by atoms with Gasteiger partial charge in [-0.1, -0.05) is 114 Å². The Morgan fingerprint density at radius 2 is 0.729 bits per heavy atom. The molecule has 5 aromatic carbocycles. The van der Waals surface area contributed by atoms with Crippen LogP contribution in [0, 0.1) is 0 Å². The number of benzene rings is 5. The van der Waals surface area contributed by atoms with Crippen LogP contribution < -0.4 is 29.6 Å². The molecule has 0 aliphatic rings. The van der Waals surface area contributed by atoms with Gasteiger partial charge in [0.2, 0.25) is 11.9 Å². The number of aromatic nitrogens is 3. The summed E-state index contributed by atoms with van der Waals surface area (Å²) >= 11 is 0. The lowest BCUT2D eigenvalue weighted by atomic mass is 10.1. The third-order valence-electron chi connectivity index (χ3n) is 11.7. The number of ether oxygens (including phenoxy) is 4. The molecular formula is C57H71N9O4. The van der Waals surface area contributed by atoms with Crippen LogP contribution in [-0.4, -0.2) is 55.5 Å². The standard InChI is InChI=1S/C57H71N9O4/c1-4-45-21-23-46(24-22-45)55-60-56(58-41-17-13-9-5-7-11-15-19-43-69-53-37-29-49(30-38-53)65-63-47-25-33-51(67-2)34-26-47)62-57(61-55)59-42-18-14-10-6-8-12-16-20-44-70-54-39-31-50(32-40-54)66-64-48-27-35-52(68-3)36-28-48/h4,21-40H,1,5-20,41-44H2,2-3H3,(H2,58,59,60,61,62). The van der Waals surface area contributed by atoms with E-state index < -0.39 is 0 Å². The Hall–Kier alpha value is -7.15. The molecule has 0 radical (unpaired) electrons. The van der Waals surface area contributed by atoms with E-state index in [-0.39, 0.29) is 0 Å². The lowest BCUT2D eigenvalue weighted by Crippen LogP contribution is -2.12. The van der Waals surface area contributed by atoms with Gasteiger partial charge >= 0.3 is 0 Å². The van der Waals surface area contributed by atoms with Crippen LogP contribution in [-0.2, 0) is 0 Å². The zero-order valence-corrected chi connectivity index (χ0v) is 41.2. The van der Waals surface area contributed by atoms with Crippen LogP contribution in [0.4, 0.5) is 34.6 Å². The Balaban J connectivity index is 0.780. The minimum Gasteiger partial charge on any atom is -0.497 e. The van der Waals surface area contributed by atoms with E-state index in [0.29, 0.717) is 17.7 Å². The van der Waals surface area contributed by atoms with E-state index in [4.69, 9.17) is 33.9 Å². The monoisotopic (exact) mass is 946 g/mol. The zero-order chi connectivity index (χ0) is 48.7. The van der Waals surface area contributed by atoms with Gasteiger partial charge in [-0.15, -0.1) is 0 Å². The van der Waals surface area contributed by atoms with Crippen molar-refractivity contribution in [1.29, 1.82) is 0 Å². The number of azo groups is 2. The van der Waals surface area contributed by atoms with E-state index in [1.54, 1.807) is 14.2 Å². The number of rotatable bonds is 34. The summed E-state index contributed by atoms with van der Waals surface area (Å²) in [6.07, 6.45) is 20.6. The smallest absolute Gasteiger partial charge is 0.228 e. The minimum absolute atomic E-state index is 0.612. The molecule has 13 nitrogen and oxygen atoms in total. The van der Waals surface area contributed by atoms with Crippen molar-refractivity contribution < 1.29 is 18.9 Å². The van der Waals surface area contributed by atoms with E-state index in [1.807, 2.05) is 127 Å². The summed E-state index contributed by atoms with van der Waals surface area (Å²) in [5.74, 6) is 5.19. The third kappa shape index (κ3) is 19.8. The van der Waals surface area contributed by atoms with Crippen molar-refractivity contribution >= 4 is 40.7 Å². The molecule has 0 atom stereocenters. The molecule has 0 aliphatic carbocycles. The molecule has 1 aromatic heterocycles. The molecule has 1 heterocycles. The second-order valence-electron chi connectivity index (χ2n) is 17.1. The van der Waals surface area contributed by atoms with Gasteiger partial charge in [0.05, 0.1) is 50.2 Å². The molecule has 13 heteroatoms. The number of nitrogens with zero attached hydrogens (tertiary/aromatic N) is 7. The van der Waals surface area contributed by atoms with Crippen LogP contribution in [0.3, 0.4) is 0 Å². The van der Waals surface area contributed by atoms with Crippen LogP contribution >= 0.6 is 0 Å². The highest BCUT2D eigenvalue weighted by atomic mass is 16.5. The summed E-state index contributed by atoms with van der Waals surface area (Å²) < 4.78 is 22.3. The first-order valence-electron chi connectivity index (χ1n) is 25.1. The Labute approximate surface area is 415 Å². The largest absolute Gasteiger partial charge is 0.497 e. The fourth-order valence-corrected chi connectivity index (χ4v) is 7.53. The zero-order valence-electron chi connectivity index (χ0n) is 41.2. The molecule has 0 aliphatic heterocycles. The van der Waals surface area contributed by atoms with Crippen LogP contribution in [0.25, 0.3) is 17.5 Å². The van der Waals surface area contributed by atoms with Gasteiger partial charge in [-0.05, 0) is 128 Å². The fraction of sp³-hybridized carbons (Fsp3) is 0.386. The highest BCUT2D eigenvalue weighted by Crippen LogP contribution is 2.26. The number of hydrogen-bond donors (Lipinski definition) is 2. The molecule has 0 saturated carbocycles. The minimum atomic E-state index is 0.612. The van der Waals surface area contributed by atoms with Crippen molar-refractivity contribution in [3.63, 3.8) is 0 Å². The van der Waals surface area contributed by atoms with Gasteiger partial charge in [-0.3, -0.25) is 0 Å². The quantitative estimate of drug-likeness (QED) is 0.0298. The first-order chi connectivity index (χ1) is 34.6. The van der Waals surface area contributed by atoms with E-state index in [1.165, 1.54) is 77.0 Å². The van der Waals surface area contributed by atoms with Crippen molar-refractivity contribution in [3.8, 4) is 34.4 Å². The van der Waals surface area contributed by atoms with E-state index in [2.05, 4.69) is 37.7 Å². The maximum absolute atomic E-state index is 5.96. The molecular weight excluding hydrogens is 875 g/mol. The van der Waals surface area contributed by atoms with Crippen molar-refractivity contribution in [2.45, 2.75) is 103 Å². The second-order valence-corrected chi connectivity index (χ2v) is 17.1. The maximum Gasteiger partial charge on any atom is 0.228 e. The predicted octanol–water partition coefficient (Wildman–Crippen LogP) is 16.3. The molecule has 0 spiro atoms. The Morgan fingerprint density at radius 3 is 1.07 bits per heavy atom. The third-order valence-corrected chi connectivity index (χ3v) is 11.7. The van der Waals surface area contributed by atoms with Gasteiger partial charge in [0.15, 0.2) is 5.82 Å². The summed E-state index contributed by atoms with van der Waals surface area (Å²) in [4.78, 5) is 14.3. The molecule has 368 valence electrons. The van der Waals surface area contributed by atoms with Crippen molar-refractivity contribution in [1.82, 2.24) is 15.0 Å². The molecule has 6 rings (SSSR count). The van der Waals surface area contributed by atoms with Crippen LogP contribution in [0.2, 0.25) is 0 Å². The topological polar surface area (TPSA) is 149 Å². The molecule has 0 amide bonds. The first-order valence-corrected chi connectivity index (χ1v) is 25.1. The Bertz CT molecular complexity index is 2290. The average molecular weight is 946 g/mol. The van der Waals surface area contributed by atoms with Crippen molar-refractivity contribution in [2.24, 2.45) is 20.5 Å². The summed E-state index contributed by atoms with van der Waals surface area (Å²) in [7, 11) is 3.29. The SMILES string of the molecule is C=Cc1ccc(-c2nc(NCCCCCCCCCCOc3ccc(N=Nc4ccc(OC)cc4)cc3)nc(NCCCCCCCCCCOc3ccc(N=Nc4ccc(OC)cc4)cc3)n2)cc1. The van der Waals surface area contributed by atoms with Gasteiger partial charge in [0.25, 0.3) is 0 Å². The second kappa shape index (κ2) is 31.1. The van der Waals surface area contributed by atoms with Gasteiger partial charge in [0.1, 0.15) is 23.0 Å². The molecule has 70 heavy (non-hydrogen) atoms. The highest BCUT2D eigenvalue weighted by Gasteiger charge is 2.09. The Morgan fingerprint density at radius 1 is 0.400 bits per heavy atom. The van der Waals surface area contributed by atoms with E-state index in [9.17, 15) is 0 Å². The molecule has 0 bridgehead atoms. The summed E-state index contributed by atoms with van der Waals surface area (Å²) in [5, 5.41) is 24.2. The normalized spacial score (nSPS) is 11.2. The van der Waals surface area contributed by atoms with Crippen LogP contribution in [0.1, 0.15) is 108 Å². The number of unbranched alkanes of at least 4 members (excludes halogenated alkanes) is 14. The van der Waals surface area contributed by atoms with Gasteiger partial charge in [-0.2, -0.15) is 35.4 Å². The molecule has 6 aromatic rings. The Kier molecular flexibility index (Phi) is 23.2. The molecule has 2 N–H and O–H groups in total. The maximum atomic E-state index is 5.96. The van der Waals surface area contributed by atoms with Gasteiger partial charge < -0.3 is 29.6 Å². The lowest BCUT2D eigenvalue weighted by Gasteiger charge is -2.11. The van der Waals surface area contributed by atoms with Gasteiger partial charge in [-0.25, -0.2) is 0 Å². The number of hydrogen-bond acceptors (Lipinski definition) is 13. The number of methoxy groups -OCH3 is 2. The summed E-state index contributed by atoms with van der Waals surface area (Å²) in [5.41, 5.74) is 5.14. The van der Waals surface area contributed by atoms with E-state index >= 15 is 0 Å². The molecule has 0 unspecified atom stereocenters. The molecule has 0 fully saturated rings. The van der Waals surface area contributed by atoms with Crippen LogP contribution in [0.5, 0.6) is 23.0 Å². The van der Waals surface area contributed by atoms with Gasteiger partial charge in [0, 0.05) is 18.7 Å². The average Bonchev–Trinajstić information content (AvgIpc) is 3.41. The van der Waals surface area contributed by atoms with E-state index in [0.717, 1.165) is 109 Å². The fourth-order valence-electron chi connectivity index (χ4n) is 7.53. The van der Waals surface area contributed by atoms with Crippen LogP contribution in [0.15, 0.2) is 148 Å². The summed E-state index contributed by atoms with van der Waals surface area (Å²) in [6, 6.07) is 38.6. The highest BCUT2D eigenvalue weighted by molar-refractivity contribution is 5.61. The lowest BCUT2D eigenvalue weighted by molar-refractivity contribution is 0.304.